The maximum absolute atomic E-state index is 12.3. The number of hydrogen-bond acceptors (Lipinski definition) is 5. The molecular formula is C18H19N3O2S2. The number of sulfonamides is 1. The van der Waals surface area contributed by atoms with Crippen molar-refractivity contribution in [3.05, 3.63) is 65.2 Å². The van der Waals surface area contributed by atoms with Crippen LogP contribution in [0.25, 0.3) is 0 Å². The van der Waals surface area contributed by atoms with Crippen LogP contribution in [0.5, 0.6) is 0 Å². The van der Waals surface area contributed by atoms with Crippen molar-refractivity contribution in [3.8, 4) is 0 Å². The second-order valence-corrected chi connectivity index (χ2v) is 8.74. The summed E-state index contributed by atoms with van der Waals surface area (Å²) in [5.74, 6) is 0.292. The molecule has 2 heterocycles. The number of thiophene rings is 1. The largest absolute Gasteiger partial charge is 0.354 e. The van der Waals surface area contributed by atoms with Crippen LogP contribution in [-0.2, 0) is 16.4 Å². The summed E-state index contributed by atoms with van der Waals surface area (Å²) in [5, 5.41) is 3.31. The maximum Gasteiger partial charge on any atom is 0.272 e. The summed E-state index contributed by atoms with van der Waals surface area (Å²) in [4.78, 5) is 5.15. The minimum absolute atomic E-state index is 0.283. The second-order valence-electron chi connectivity index (χ2n) is 5.54. The molecule has 2 N–H and O–H groups in total. The van der Waals surface area contributed by atoms with Crippen molar-refractivity contribution in [1.29, 1.82) is 0 Å². The minimum Gasteiger partial charge on any atom is -0.354 e. The maximum atomic E-state index is 12.3. The third kappa shape index (κ3) is 4.18. The van der Waals surface area contributed by atoms with Crippen LogP contribution in [0.15, 0.2) is 58.9 Å². The van der Waals surface area contributed by atoms with Crippen LogP contribution in [0.4, 0.5) is 17.2 Å². The van der Waals surface area contributed by atoms with E-state index in [1.807, 2.05) is 25.1 Å². The zero-order valence-corrected chi connectivity index (χ0v) is 15.6. The Bertz CT molecular complexity index is 964. The molecule has 25 heavy (non-hydrogen) atoms. The number of pyridine rings is 1. The van der Waals surface area contributed by atoms with E-state index in [-0.39, 0.29) is 4.21 Å². The van der Waals surface area contributed by atoms with E-state index in [0.717, 1.165) is 22.7 Å². The van der Waals surface area contributed by atoms with Crippen LogP contribution >= 0.6 is 11.3 Å². The Labute approximate surface area is 151 Å². The molecule has 0 fully saturated rings. The van der Waals surface area contributed by atoms with E-state index in [0.29, 0.717) is 5.82 Å². The summed E-state index contributed by atoms with van der Waals surface area (Å²) in [6, 6.07) is 14.9. The molecule has 0 unspecified atom stereocenters. The topological polar surface area (TPSA) is 71.1 Å². The van der Waals surface area contributed by atoms with Gasteiger partial charge in [-0.05, 0) is 49.2 Å². The van der Waals surface area contributed by atoms with E-state index >= 15 is 0 Å². The van der Waals surface area contributed by atoms with Gasteiger partial charge in [0.25, 0.3) is 10.0 Å². The number of aryl methyl sites for hydroxylation is 2. The van der Waals surface area contributed by atoms with E-state index in [9.17, 15) is 8.42 Å². The van der Waals surface area contributed by atoms with E-state index in [1.165, 1.54) is 16.9 Å². The number of hydrogen-bond donors (Lipinski definition) is 2. The van der Waals surface area contributed by atoms with Crippen LogP contribution < -0.4 is 10.0 Å². The van der Waals surface area contributed by atoms with Crippen molar-refractivity contribution in [1.82, 2.24) is 4.98 Å². The molecule has 0 saturated carbocycles. The van der Waals surface area contributed by atoms with Crippen LogP contribution in [0, 0.1) is 6.92 Å². The molecule has 2 aromatic heterocycles. The highest BCUT2D eigenvalue weighted by Crippen LogP contribution is 2.24. The fourth-order valence-corrected chi connectivity index (χ4v) is 4.67. The summed E-state index contributed by atoms with van der Waals surface area (Å²) in [5.41, 5.74) is 3.03. The molecule has 5 nitrogen and oxygen atoms in total. The molecule has 0 atom stereocenters. The molecule has 3 aromatic rings. The van der Waals surface area contributed by atoms with E-state index < -0.39 is 10.0 Å². The summed E-state index contributed by atoms with van der Waals surface area (Å²) in [6.45, 7) is 3.97. The van der Waals surface area contributed by atoms with Gasteiger partial charge in [-0.15, -0.1) is 11.3 Å². The van der Waals surface area contributed by atoms with Crippen molar-refractivity contribution in [3.63, 3.8) is 0 Å². The van der Waals surface area contributed by atoms with Gasteiger partial charge in [0.05, 0.1) is 11.9 Å². The van der Waals surface area contributed by atoms with Crippen molar-refractivity contribution in [2.24, 2.45) is 0 Å². The van der Waals surface area contributed by atoms with E-state index in [4.69, 9.17) is 0 Å². The zero-order chi connectivity index (χ0) is 17.9. The Balaban J connectivity index is 1.74. The third-order valence-electron chi connectivity index (χ3n) is 3.66. The van der Waals surface area contributed by atoms with Gasteiger partial charge in [0.1, 0.15) is 10.0 Å². The molecule has 130 valence electrons. The number of anilines is 3. The predicted octanol–water partition coefficient (Wildman–Crippen LogP) is 4.56. The molecule has 0 aliphatic heterocycles. The molecule has 3 rings (SSSR count). The summed E-state index contributed by atoms with van der Waals surface area (Å²) in [7, 11) is -3.59. The Morgan fingerprint density at radius 1 is 1.08 bits per heavy atom. The highest BCUT2D eigenvalue weighted by molar-refractivity contribution is 7.94. The first-order chi connectivity index (χ1) is 12.0. The number of para-hydroxylation sites is 1. The second kappa shape index (κ2) is 7.25. The summed E-state index contributed by atoms with van der Waals surface area (Å²) >= 11 is 1.23. The molecule has 0 amide bonds. The van der Waals surface area contributed by atoms with E-state index in [1.54, 1.807) is 30.5 Å². The molecule has 1 aromatic carbocycles. The van der Waals surface area contributed by atoms with Crippen LogP contribution in [-0.4, -0.2) is 13.4 Å². The van der Waals surface area contributed by atoms with Crippen LogP contribution in [0.3, 0.4) is 0 Å². The predicted molar refractivity (Wildman–Crippen MR) is 103 cm³/mol. The number of nitrogens with zero attached hydrogens (tertiary/aromatic N) is 1. The zero-order valence-electron chi connectivity index (χ0n) is 14.0. The molecule has 0 radical (unpaired) electrons. The monoisotopic (exact) mass is 373 g/mol. The Morgan fingerprint density at radius 2 is 1.88 bits per heavy atom. The Kier molecular flexibility index (Phi) is 5.06. The normalized spacial score (nSPS) is 11.3. The van der Waals surface area contributed by atoms with Gasteiger partial charge in [0.2, 0.25) is 0 Å². The van der Waals surface area contributed by atoms with Gasteiger partial charge in [0, 0.05) is 10.6 Å². The first-order valence-corrected chi connectivity index (χ1v) is 10.2. The molecular weight excluding hydrogens is 354 g/mol. The third-order valence-corrected chi connectivity index (χ3v) is 6.51. The van der Waals surface area contributed by atoms with Gasteiger partial charge < -0.3 is 5.32 Å². The first kappa shape index (κ1) is 17.4. The lowest BCUT2D eigenvalue weighted by Crippen LogP contribution is -2.12. The molecule has 0 bridgehead atoms. The average molecular weight is 374 g/mol. The molecule has 7 heteroatoms. The van der Waals surface area contributed by atoms with E-state index in [2.05, 4.69) is 28.0 Å². The lowest BCUT2D eigenvalue weighted by Gasteiger charge is -2.11. The van der Waals surface area contributed by atoms with Crippen molar-refractivity contribution >= 4 is 38.6 Å². The quantitative estimate of drug-likeness (QED) is 0.664. The number of aromatic nitrogens is 1. The molecule has 0 aliphatic rings. The number of rotatable bonds is 6. The lowest BCUT2D eigenvalue weighted by molar-refractivity contribution is 0.603. The fraction of sp³-hybridized carbons (Fsp3) is 0.167. The van der Waals surface area contributed by atoms with Crippen molar-refractivity contribution in [2.45, 2.75) is 24.5 Å². The van der Waals surface area contributed by atoms with Crippen molar-refractivity contribution < 1.29 is 8.42 Å². The van der Waals surface area contributed by atoms with Gasteiger partial charge in [-0.2, -0.15) is 0 Å². The van der Waals surface area contributed by atoms with Gasteiger partial charge in [0.15, 0.2) is 0 Å². The Hall–Kier alpha value is -2.38. The molecule has 0 saturated heterocycles. The minimum atomic E-state index is -3.59. The van der Waals surface area contributed by atoms with Crippen LogP contribution in [0.2, 0.25) is 0 Å². The molecule has 0 aliphatic carbocycles. The van der Waals surface area contributed by atoms with Crippen molar-refractivity contribution in [2.75, 3.05) is 10.0 Å². The van der Waals surface area contributed by atoms with Gasteiger partial charge >= 0.3 is 0 Å². The fourth-order valence-electron chi connectivity index (χ4n) is 2.38. The van der Waals surface area contributed by atoms with Gasteiger partial charge in [-0.1, -0.05) is 25.1 Å². The first-order valence-electron chi connectivity index (χ1n) is 7.88. The SMILES string of the molecule is CCc1ccccc1Nc1ccc(NS(=O)(=O)c2ccc(C)s2)nc1. The lowest BCUT2D eigenvalue weighted by atomic mass is 10.1. The van der Waals surface area contributed by atoms with Gasteiger partial charge in [-0.25, -0.2) is 13.4 Å². The number of benzene rings is 1. The standard InChI is InChI=1S/C18H19N3O2S2/c1-3-14-6-4-5-7-16(14)20-15-9-10-17(19-12-15)21-25(22,23)18-11-8-13(2)24-18/h4-12,20H,3H2,1-2H3,(H,19,21). The van der Waals surface area contributed by atoms with Gasteiger partial charge in [-0.3, -0.25) is 4.72 Å². The highest BCUT2D eigenvalue weighted by Gasteiger charge is 2.16. The average Bonchev–Trinajstić information content (AvgIpc) is 3.04. The highest BCUT2D eigenvalue weighted by atomic mass is 32.2. The summed E-state index contributed by atoms with van der Waals surface area (Å²) < 4.78 is 27.4. The van der Waals surface area contributed by atoms with Crippen LogP contribution in [0.1, 0.15) is 17.4 Å². The summed E-state index contributed by atoms with van der Waals surface area (Å²) in [6.07, 6.45) is 2.54. The number of nitrogens with one attached hydrogen (secondary N) is 2. The Morgan fingerprint density at radius 3 is 2.52 bits per heavy atom. The molecule has 0 spiro atoms. The smallest absolute Gasteiger partial charge is 0.272 e.